The molecule has 0 saturated carbocycles. The van der Waals surface area contributed by atoms with E-state index in [1.54, 1.807) is 13.1 Å². The number of hydrogen-bond acceptors (Lipinski definition) is 5. The van der Waals surface area contributed by atoms with Crippen LogP contribution in [-0.2, 0) is 11.8 Å². The zero-order chi connectivity index (χ0) is 20.7. The van der Waals surface area contributed by atoms with Crippen LogP contribution in [0.15, 0.2) is 52.4 Å². The van der Waals surface area contributed by atoms with Gasteiger partial charge in [-0.05, 0) is 50.1 Å². The molecule has 29 heavy (non-hydrogen) atoms. The predicted molar refractivity (Wildman–Crippen MR) is 116 cm³/mol. The van der Waals surface area contributed by atoms with Crippen molar-refractivity contribution in [3.63, 3.8) is 0 Å². The van der Waals surface area contributed by atoms with E-state index in [2.05, 4.69) is 15.5 Å². The Morgan fingerprint density at radius 3 is 2.69 bits per heavy atom. The van der Waals surface area contributed by atoms with Crippen LogP contribution in [0.5, 0.6) is 0 Å². The molecule has 0 bridgehead atoms. The van der Waals surface area contributed by atoms with E-state index in [0.29, 0.717) is 16.3 Å². The van der Waals surface area contributed by atoms with Gasteiger partial charge in [-0.25, -0.2) is 0 Å². The first kappa shape index (κ1) is 19.2. The van der Waals surface area contributed by atoms with Crippen molar-refractivity contribution in [2.45, 2.75) is 31.2 Å². The van der Waals surface area contributed by atoms with Crippen LogP contribution in [0.2, 0.25) is 0 Å². The van der Waals surface area contributed by atoms with E-state index in [1.807, 2.05) is 61.6 Å². The van der Waals surface area contributed by atoms with Crippen LogP contribution >= 0.6 is 11.8 Å². The van der Waals surface area contributed by atoms with Crippen LogP contribution in [0.4, 0.5) is 5.69 Å². The van der Waals surface area contributed by atoms with Gasteiger partial charge in [-0.1, -0.05) is 36.0 Å². The summed E-state index contributed by atoms with van der Waals surface area (Å²) in [6.07, 6.45) is 0. The second-order valence-corrected chi connectivity index (χ2v) is 8.37. The Labute approximate surface area is 171 Å². The summed E-state index contributed by atoms with van der Waals surface area (Å²) in [5.74, 6) is 0.327. The number of thioether (sulfide) groups is 1. The third-order valence-electron chi connectivity index (χ3n) is 4.90. The third kappa shape index (κ3) is 3.40. The highest BCUT2D eigenvalue weighted by Gasteiger charge is 2.21. The predicted octanol–water partition coefficient (Wildman–Crippen LogP) is 3.32. The number of amides is 1. The number of aromatic nitrogens is 4. The fourth-order valence-corrected chi connectivity index (χ4v) is 4.06. The summed E-state index contributed by atoms with van der Waals surface area (Å²) in [4.78, 5) is 25.3. The first-order valence-corrected chi connectivity index (χ1v) is 10.1. The lowest BCUT2D eigenvalue weighted by atomic mass is 10.1. The molecule has 7 nitrogen and oxygen atoms in total. The number of benzene rings is 2. The molecule has 8 heteroatoms. The first-order valence-electron chi connectivity index (χ1n) is 9.24. The van der Waals surface area contributed by atoms with Gasteiger partial charge in [-0.15, -0.1) is 10.2 Å². The number of fused-ring (bicyclic) bond motifs is 3. The highest BCUT2D eigenvalue weighted by Crippen LogP contribution is 2.26. The molecule has 0 saturated heterocycles. The van der Waals surface area contributed by atoms with Gasteiger partial charge in [0.25, 0.3) is 5.56 Å². The van der Waals surface area contributed by atoms with Crippen LogP contribution in [-0.4, -0.2) is 30.3 Å². The fourth-order valence-electron chi connectivity index (χ4n) is 3.20. The number of aryl methyl sites for hydroxylation is 3. The smallest absolute Gasteiger partial charge is 0.262 e. The van der Waals surface area contributed by atoms with Crippen molar-refractivity contribution in [3.8, 4) is 0 Å². The molecule has 0 aliphatic rings. The molecule has 1 amide bonds. The molecule has 1 atom stereocenters. The minimum atomic E-state index is -0.404. The lowest BCUT2D eigenvalue weighted by molar-refractivity contribution is -0.115. The van der Waals surface area contributed by atoms with Crippen molar-refractivity contribution in [3.05, 3.63) is 63.9 Å². The van der Waals surface area contributed by atoms with Gasteiger partial charge >= 0.3 is 0 Å². The third-order valence-corrected chi connectivity index (χ3v) is 5.94. The second-order valence-electron chi connectivity index (χ2n) is 7.07. The van der Waals surface area contributed by atoms with Crippen LogP contribution in [0.1, 0.15) is 18.1 Å². The SMILES string of the molecule is Cc1ccc(C)c(NC(=O)C(C)Sc2nnc3n(C)c(=O)c4ccccc4n23)c1. The maximum atomic E-state index is 12.8. The molecule has 4 rings (SSSR count). The molecule has 148 valence electrons. The molecule has 0 radical (unpaired) electrons. The second kappa shape index (κ2) is 7.36. The largest absolute Gasteiger partial charge is 0.325 e. The fraction of sp³-hybridized carbons (Fsp3) is 0.238. The molecule has 2 aromatic heterocycles. The highest BCUT2D eigenvalue weighted by atomic mass is 32.2. The Balaban J connectivity index is 1.68. The molecule has 1 N–H and O–H groups in total. The Bertz CT molecular complexity index is 1310. The minimum Gasteiger partial charge on any atom is -0.325 e. The van der Waals surface area contributed by atoms with Crippen molar-refractivity contribution < 1.29 is 4.79 Å². The van der Waals surface area contributed by atoms with Gasteiger partial charge in [0.05, 0.1) is 16.2 Å². The molecule has 1 unspecified atom stereocenters. The normalized spacial score (nSPS) is 12.4. The average molecular weight is 407 g/mol. The number of nitrogens with one attached hydrogen (secondary N) is 1. The molecule has 0 aliphatic heterocycles. The molecule has 2 heterocycles. The summed E-state index contributed by atoms with van der Waals surface area (Å²) in [5.41, 5.74) is 3.50. The summed E-state index contributed by atoms with van der Waals surface area (Å²) in [5, 5.41) is 12.2. The molecular formula is C21H21N5O2S. The zero-order valence-electron chi connectivity index (χ0n) is 16.6. The van der Waals surface area contributed by atoms with E-state index in [4.69, 9.17) is 0 Å². The Hall–Kier alpha value is -3.13. The number of para-hydroxylation sites is 1. The summed E-state index contributed by atoms with van der Waals surface area (Å²) in [6, 6.07) is 13.3. The summed E-state index contributed by atoms with van der Waals surface area (Å²) in [7, 11) is 1.67. The molecule has 0 aliphatic carbocycles. The van der Waals surface area contributed by atoms with Gasteiger partial charge in [0, 0.05) is 12.7 Å². The van der Waals surface area contributed by atoms with Gasteiger partial charge < -0.3 is 5.32 Å². The minimum absolute atomic E-state index is 0.116. The van der Waals surface area contributed by atoms with E-state index in [9.17, 15) is 9.59 Å². The summed E-state index contributed by atoms with van der Waals surface area (Å²) in [6.45, 7) is 5.78. The molecular weight excluding hydrogens is 386 g/mol. The van der Waals surface area contributed by atoms with Gasteiger partial charge in [0.1, 0.15) is 0 Å². The summed E-state index contributed by atoms with van der Waals surface area (Å²) >= 11 is 1.31. The van der Waals surface area contributed by atoms with Crippen molar-refractivity contribution in [2.75, 3.05) is 5.32 Å². The van der Waals surface area contributed by atoms with E-state index in [-0.39, 0.29) is 11.5 Å². The van der Waals surface area contributed by atoms with Crippen LogP contribution in [0.3, 0.4) is 0 Å². The Morgan fingerprint density at radius 1 is 1.14 bits per heavy atom. The number of nitrogens with zero attached hydrogens (tertiary/aromatic N) is 4. The lowest BCUT2D eigenvalue weighted by Crippen LogP contribution is -2.23. The molecule has 4 aromatic rings. The number of hydrogen-bond donors (Lipinski definition) is 1. The van der Waals surface area contributed by atoms with Crippen molar-refractivity contribution in [1.29, 1.82) is 0 Å². The standard InChI is InChI=1S/C21H21N5O2S/c1-12-9-10-13(2)16(11-12)22-18(27)14(3)29-21-24-23-20-25(4)19(28)15-7-5-6-8-17(15)26(20)21/h5-11,14H,1-4H3,(H,22,27). The quantitative estimate of drug-likeness (QED) is 0.525. The molecule has 0 spiro atoms. The van der Waals surface area contributed by atoms with E-state index >= 15 is 0 Å². The van der Waals surface area contributed by atoms with Crippen LogP contribution < -0.4 is 10.9 Å². The van der Waals surface area contributed by atoms with Crippen molar-refractivity contribution in [2.24, 2.45) is 7.05 Å². The maximum Gasteiger partial charge on any atom is 0.262 e. The van der Waals surface area contributed by atoms with Crippen LogP contribution in [0.25, 0.3) is 16.7 Å². The van der Waals surface area contributed by atoms with E-state index in [0.717, 1.165) is 22.3 Å². The number of rotatable bonds is 4. The highest BCUT2D eigenvalue weighted by molar-refractivity contribution is 8.00. The van der Waals surface area contributed by atoms with Gasteiger partial charge in [0.2, 0.25) is 11.7 Å². The van der Waals surface area contributed by atoms with E-state index < -0.39 is 5.25 Å². The molecule has 0 fully saturated rings. The Kier molecular flexibility index (Phi) is 4.87. The topological polar surface area (TPSA) is 81.3 Å². The number of carbonyl (C=O) groups excluding carboxylic acids is 1. The Morgan fingerprint density at radius 2 is 1.90 bits per heavy atom. The lowest BCUT2D eigenvalue weighted by Gasteiger charge is -2.14. The first-order chi connectivity index (χ1) is 13.9. The van der Waals surface area contributed by atoms with E-state index in [1.165, 1.54) is 16.3 Å². The van der Waals surface area contributed by atoms with Gasteiger partial charge in [0.15, 0.2) is 5.16 Å². The van der Waals surface area contributed by atoms with Gasteiger partial charge in [-0.2, -0.15) is 0 Å². The van der Waals surface area contributed by atoms with Crippen molar-refractivity contribution >= 4 is 40.0 Å². The summed E-state index contributed by atoms with van der Waals surface area (Å²) < 4.78 is 3.29. The average Bonchev–Trinajstić information content (AvgIpc) is 3.12. The maximum absolute atomic E-state index is 12.8. The zero-order valence-corrected chi connectivity index (χ0v) is 17.4. The van der Waals surface area contributed by atoms with Crippen molar-refractivity contribution in [1.82, 2.24) is 19.2 Å². The monoisotopic (exact) mass is 407 g/mol. The van der Waals surface area contributed by atoms with Crippen LogP contribution in [0, 0.1) is 13.8 Å². The number of anilines is 1. The van der Waals surface area contributed by atoms with Gasteiger partial charge in [-0.3, -0.25) is 18.6 Å². The number of carbonyl (C=O) groups is 1. The molecule has 2 aromatic carbocycles.